The van der Waals surface area contributed by atoms with E-state index in [2.05, 4.69) is 36.9 Å². The van der Waals surface area contributed by atoms with Crippen LogP contribution < -0.4 is 4.74 Å². The summed E-state index contributed by atoms with van der Waals surface area (Å²) in [7, 11) is 0. The summed E-state index contributed by atoms with van der Waals surface area (Å²) in [4.78, 5) is 29.3. The predicted octanol–water partition coefficient (Wildman–Crippen LogP) is 4.15. The summed E-state index contributed by atoms with van der Waals surface area (Å²) >= 11 is 0. The lowest BCUT2D eigenvalue weighted by Crippen LogP contribution is -2.51. The highest BCUT2D eigenvalue weighted by Crippen LogP contribution is 2.34. The molecule has 36 heavy (non-hydrogen) atoms. The second-order valence-electron chi connectivity index (χ2n) is 9.29. The summed E-state index contributed by atoms with van der Waals surface area (Å²) in [5.74, 6) is 0.769. The number of hydrazone groups is 1. The van der Waals surface area contributed by atoms with Crippen LogP contribution in [0.5, 0.6) is 5.75 Å². The van der Waals surface area contributed by atoms with Crippen LogP contribution in [0.15, 0.2) is 47.6 Å². The maximum Gasteiger partial charge on any atom is 0.409 e. The molecular weight excluding hydrogens is 456 g/mol. The van der Waals surface area contributed by atoms with Gasteiger partial charge in [-0.25, -0.2) is 9.80 Å². The van der Waals surface area contributed by atoms with Crippen molar-refractivity contribution in [1.82, 2.24) is 14.8 Å². The molecule has 8 nitrogen and oxygen atoms in total. The minimum Gasteiger partial charge on any atom is -0.494 e. The van der Waals surface area contributed by atoms with E-state index >= 15 is 0 Å². The van der Waals surface area contributed by atoms with Crippen molar-refractivity contribution in [2.24, 2.45) is 5.10 Å². The number of piperazine rings is 1. The smallest absolute Gasteiger partial charge is 0.409 e. The van der Waals surface area contributed by atoms with Gasteiger partial charge in [0.2, 0.25) is 0 Å². The molecule has 0 aliphatic carbocycles. The number of amides is 2. The fraction of sp³-hybridized carbons (Fsp3) is 0.464. The second-order valence-corrected chi connectivity index (χ2v) is 9.29. The van der Waals surface area contributed by atoms with Gasteiger partial charge in [0.15, 0.2) is 0 Å². The van der Waals surface area contributed by atoms with E-state index < -0.39 is 0 Å². The van der Waals surface area contributed by atoms with Crippen molar-refractivity contribution >= 4 is 17.7 Å². The largest absolute Gasteiger partial charge is 0.494 e. The van der Waals surface area contributed by atoms with Crippen LogP contribution in [0.3, 0.4) is 0 Å². The van der Waals surface area contributed by atoms with Gasteiger partial charge in [-0.3, -0.25) is 9.69 Å². The fourth-order valence-electron chi connectivity index (χ4n) is 4.82. The number of carbonyl (C=O) groups is 2. The van der Waals surface area contributed by atoms with E-state index in [4.69, 9.17) is 14.6 Å². The van der Waals surface area contributed by atoms with Gasteiger partial charge in [0.1, 0.15) is 5.75 Å². The van der Waals surface area contributed by atoms with Gasteiger partial charge in [-0.1, -0.05) is 35.9 Å². The van der Waals surface area contributed by atoms with Crippen LogP contribution in [0.4, 0.5) is 4.79 Å². The molecule has 0 spiro atoms. The van der Waals surface area contributed by atoms with Gasteiger partial charge < -0.3 is 14.4 Å². The van der Waals surface area contributed by atoms with Crippen molar-refractivity contribution in [2.45, 2.75) is 40.2 Å². The number of hydrogen-bond acceptors (Lipinski definition) is 6. The average Bonchev–Trinajstić information content (AvgIpc) is 3.30. The van der Waals surface area contributed by atoms with E-state index in [-0.39, 0.29) is 24.6 Å². The second kappa shape index (κ2) is 11.6. The Morgan fingerprint density at radius 3 is 2.33 bits per heavy atom. The Bertz CT molecular complexity index is 1110. The Kier molecular flexibility index (Phi) is 8.25. The number of benzene rings is 2. The molecule has 1 fully saturated rings. The summed E-state index contributed by atoms with van der Waals surface area (Å²) in [5, 5.41) is 6.51. The fourth-order valence-corrected chi connectivity index (χ4v) is 4.82. The van der Waals surface area contributed by atoms with Crippen molar-refractivity contribution in [2.75, 3.05) is 45.9 Å². The number of carbonyl (C=O) groups excluding carboxylic acids is 2. The molecule has 4 rings (SSSR count). The van der Waals surface area contributed by atoms with Crippen molar-refractivity contribution in [3.8, 4) is 5.75 Å². The van der Waals surface area contributed by atoms with Crippen LogP contribution in [0.1, 0.15) is 48.6 Å². The van der Waals surface area contributed by atoms with Crippen LogP contribution in [-0.2, 0) is 9.53 Å². The van der Waals surface area contributed by atoms with Crippen LogP contribution in [0.2, 0.25) is 0 Å². The third kappa shape index (κ3) is 5.87. The quantitative estimate of drug-likeness (QED) is 0.580. The molecular formula is C28H36N4O4. The van der Waals surface area contributed by atoms with E-state index in [0.29, 0.717) is 45.8 Å². The number of aryl methyl sites for hydroxylation is 2. The normalized spacial score (nSPS) is 18.2. The van der Waals surface area contributed by atoms with Gasteiger partial charge in [-0.05, 0) is 51.0 Å². The molecule has 2 heterocycles. The maximum atomic E-state index is 13.5. The van der Waals surface area contributed by atoms with Gasteiger partial charge in [0.25, 0.3) is 5.91 Å². The van der Waals surface area contributed by atoms with Gasteiger partial charge in [-0.2, -0.15) is 5.10 Å². The Labute approximate surface area is 213 Å². The zero-order valence-corrected chi connectivity index (χ0v) is 21.7. The monoisotopic (exact) mass is 492 g/mol. The van der Waals surface area contributed by atoms with E-state index in [1.54, 1.807) is 16.8 Å². The minimum absolute atomic E-state index is 0.0433. The first-order valence-corrected chi connectivity index (χ1v) is 12.7. The number of hydrogen-bond donors (Lipinski definition) is 0. The average molecular weight is 493 g/mol. The highest BCUT2D eigenvalue weighted by atomic mass is 16.6. The van der Waals surface area contributed by atoms with Gasteiger partial charge >= 0.3 is 6.09 Å². The first-order valence-electron chi connectivity index (χ1n) is 12.7. The Hall–Kier alpha value is -3.39. The van der Waals surface area contributed by atoms with Crippen molar-refractivity contribution in [3.63, 3.8) is 0 Å². The molecule has 2 aliphatic rings. The number of ether oxygens (including phenoxy) is 2. The first-order chi connectivity index (χ1) is 17.4. The Morgan fingerprint density at radius 2 is 1.69 bits per heavy atom. The number of rotatable bonds is 7. The highest BCUT2D eigenvalue weighted by Gasteiger charge is 2.35. The molecule has 2 aromatic carbocycles. The summed E-state index contributed by atoms with van der Waals surface area (Å²) in [5.41, 5.74) is 5.39. The highest BCUT2D eigenvalue weighted by molar-refractivity contribution is 6.04. The van der Waals surface area contributed by atoms with E-state index in [0.717, 1.165) is 28.2 Å². The molecule has 0 aromatic heterocycles. The summed E-state index contributed by atoms with van der Waals surface area (Å²) in [6, 6.07) is 14.1. The third-order valence-corrected chi connectivity index (χ3v) is 6.69. The maximum absolute atomic E-state index is 13.5. The van der Waals surface area contributed by atoms with Crippen LogP contribution in [0, 0.1) is 13.8 Å². The van der Waals surface area contributed by atoms with Crippen molar-refractivity contribution in [3.05, 3.63) is 64.7 Å². The van der Waals surface area contributed by atoms with E-state index in [1.807, 2.05) is 31.2 Å². The van der Waals surface area contributed by atoms with Crippen molar-refractivity contribution in [1.29, 1.82) is 0 Å². The summed E-state index contributed by atoms with van der Waals surface area (Å²) in [6.45, 7) is 11.5. The lowest BCUT2D eigenvalue weighted by atomic mass is 9.95. The minimum atomic E-state index is -0.290. The van der Waals surface area contributed by atoms with Crippen LogP contribution in [0.25, 0.3) is 0 Å². The zero-order valence-electron chi connectivity index (χ0n) is 21.7. The summed E-state index contributed by atoms with van der Waals surface area (Å²) < 4.78 is 10.7. The zero-order chi connectivity index (χ0) is 25.7. The third-order valence-electron chi connectivity index (χ3n) is 6.69. The van der Waals surface area contributed by atoms with Gasteiger partial charge in [0.05, 0.1) is 31.5 Å². The standard InChI is InChI=1S/C28H36N4O4/c1-5-35-23-10-8-22(9-11-23)26-18-25(24-12-7-20(3)17-21(24)4)29-32(26)27(33)19-30-13-15-31(16-14-30)28(34)36-6-2/h7-12,17,26H,5-6,13-16,18-19H2,1-4H3/t26-/m1/s1. The molecule has 0 radical (unpaired) electrons. The van der Waals surface area contributed by atoms with Gasteiger partial charge in [-0.15, -0.1) is 0 Å². The molecule has 2 amide bonds. The molecule has 1 atom stereocenters. The molecule has 0 unspecified atom stereocenters. The predicted molar refractivity (Wildman–Crippen MR) is 139 cm³/mol. The Balaban J connectivity index is 1.51. The lowest BCUT2D eigenvalue weighted by Gasteiger charge is -2.34. The first kappa shape index (κ1) is 25.7. The molecule has 2 aliphatic heterocycles. The van der Waals surface area contributed by atoms with E-state index in [9.17, 15) is 9.59 Å². The molecule has 0 N–H and O–H groups in total. The molecule has 2 aromatic rings. The van der Waals surface area contributed by atoms with Crippen LogP contribution >= 0.6 is 0 Å². The number of nitrogens with zero attached hydrogens (tertiary/aromatic N) is 4. The topological polar surface area (TPSA) is 74.7 Å². The molecule has 8 heteroatoms. The SMILES string of the molecule is CCOC(=O)N1CCN(CC(=O)N2N=C(c3ccc(C)cc3C)C[C@@H]2c2ccc(OCC)cc2)CC1. The summed E-state index contributed by atoms with van der Waals surface area (Å²) in [6.07, 6.45) is 0.363. The van der Waals surface area contributed by atoms with Crippen molar-refractivity contribution < 1.29 is 19.1 Å². The van der Waals surface area contributed by atoms with Crippen LogP contribution in [-0.4, -0.2) is 78.5 Å². The molecule has 0 bridgehead atoms. The Morgan fingerprint density at radius 1 is 0.972 bits per heavy atom. The molecule has 0 saturated carbocycles. The van der Waals surface area contributed by atoms with Gasteiger partial charge in [0, 0.05) is 38.2 Å². The lowest BCUT2D eigenvalue weighted by molar-refractivity contribution is -0.134. The molecule has 1 saturated heterocycles. The van der Waals surface area contributed by atoms with E-state index in [1.165, 1.54) is 5.56 Å². The molecule has 192 valence electrons.